The summed E-state index contributed by atoms with van der Waals surface area (Å²) in [5.74, 6) is 0.105. The van der Waals surface area contributed by atoms with E-state index < -0.39 is 5.97 Å². The van der Waals surface area contributed by atoms with Gasteiger partial charge in [0.05, 0.1) is 20.3 Å². The summed E-state index contributed by atoms with van der Waals surface area (Å²) in [7, 11) is 1.58. The molecule has 0 aromatic heterocycles. The van der Waals surface area contributed by atoms with Crippen LogP contribution in [0.25, 0.3) is 0 Å². The van der Waals surface area contributed by atoms with Gasteiger partial charge in [-0.3, -0.25) is 4.99 Å². The smallest absolute Gasteiger partial charge is 0.368 e. The van der Waals surface area contributed by atoms with Crippen LogP contribution in [0, 0.1) is 0 Å². The Kier molecular flexibility index (Phi) is 5.49. The zero-order valence-corrected chi connectivity index (χ0v) is 10.5. The summed E-state index contributed by atoms with van der Waals surface area (Å²) in [6.45, 7) is 2.27. The number of halogens is 1. The molecule has 1 rings (SSSR count). The van der Waals surface area contributed by atoms with Crippen LogP contribution in [0.4, 0.5) is 0 Å². The summed E-state index contributed by atoms with van der Waals surface area (Å²) >= 11 is 5.69. The number of rotatable bonds is 5. The lowest BCUT2D eigenvalue weighted by atomic mass is 10.2. The van der Waals surface area contributed by atoms with Gasteiger partial charge in [-0.25, -0.2) is 4.79 Å². The van der Waals surface area contributed by atoms with Crippen LogP contribution in [0.5, 0.6) is 5.75 Å². The summed E-state index contributed by atoms with van der Waals surface area (Å²) in [6.07, 6.45) is 0. The second kappa shape index (κ2) is 6.91. The molecule has 0 saturated heterocycles. The highest BCUT2D eigenvalue weighted by Gasteiger charge is 2.09. The first-order chi connectivity index (χ1) is 8.19. The molecule has 0 unspecified atom stereocenters. The van der Waals surface area contributed by atoms with Crippen molar-refractivity contribution in [1.29, 1.82) is 0 Å². The van der Waals surface area contributed by atoms with E-state index >= 15 is 0 Å². The molecule has 0 atom stereocenters. The Morgan fingerprint density at radius 1 is 1.41 bits per heavy atom. The number of hydrogen-bond donors (Lipinski definition) is 0. The lowest BCUT2D eigenvalue weighted by Crippen LogP contribution is -2.12. The third-order valence-electron chi connectivity index (χ3n) is 2.02. The molecular formula is C12H14ClNO3. The maximum absolute atomic E-state index is 11.2. The standard InChI is InChI=1S/C12H14ClNO3/c1-3-17-12(15)11(13)14-8-9-6-4-5-7-10(9)16-2/h4-7H,3,8H2,1-2H3. The molecular weight excluding hydrogens is 242 g/mol. The van der Waals surface area contributed by atoms with E-state index in [-0.39, 0.29) is 18.3 Å². The van der Waals surface area contributed by atoms with E-state index in [0.717, 1.165) is 5.56 Å². The highest BCUT2D eigenvalue weighted by atomic mass is 35.5. The summed E-state index contributed by atoms with van der Waals surface area (Å²) in [5.41, 5.74) is 0.859. The number of carbonyl (C=O) groups is 1. The van der Waals surface area contributed by atoms with Gasteiger partial charge in [0.2, 0.25) is 5.17 Å². The molecule has 1 aromatic carbocycles. The van der Waals surface area contributed by atoms with Gasteiger partial charge in [0, 0.05) is 5.56 Å². The molecule has 0 amide bonds. The third-order valence-corrected chi connectivity index (χ3v) is 2.30. The van der Waals surface area contributed by atoms with E-state index in [4.69, 9.17) is 21.1 Å². The van der Waals surface area contributed by atoms with Crippen molar-refractivity contribution in [3.8, 4) is 5.75 Å². The van der Waals surface area contributed by atoms with Gasteiger partial charge in [0.15, 0.2) is 0 Å². The molecule has 92 valence electrons. The quantitative estimate of drug-likeness (QED) is 0.600. The Morgan fingerprint density at radius 2 is 2.12 bits per heavy atom. The lowest BCUT2D eigenvalue weighted by Gasteiger charge is -2.05. The number of benzene rings is 1. The highest BCUT2D eigenvalue weighted by molar-refractivity contribution is 6.82. The van der Waals surface area contributed by atoms with Crippen LogP contribution in [-0.4, -0.2) is 24.9 Å². The summed E-state index contributed by atoms with van der Waals surface area (Å²) < 4.78 is 9.87. The number of hydrogen-bond acceptors (Lipinski definition) is 4. The van der Waals surface area contributed by atoms with Gasteiger partial charge in [0.1, 0.15) is 5.75 Å². The van der Waals surface area contributed by atoms with Crippen molar-refractivity contribution in [2.24, 2.45) is 4.99 Å². The van der Waals surface area contributed by atoms with E-state index in [2.05, 4.69) is 4.99 Å². The lowest BCUT2D eigenvalue weighted by molar-refractivity contribution is -0.134. The zero-order chi connectivity index (χ0) is 12.7. The van der Waals surface area contributed by atoms with Crippen molar-refractivity contribution in [2.45, 2.75) is 13.5 Å². The van der Waals surface area contributed by atoms with Crippen LogP contribution in [0.1, 0.15) is 12.5 Å². The Hall–Kier alpha value is -1.55. The molecule has 4 nitrogen and oxygen atoms in total. The topological polar surface area (TPSA) is 47.9 Å². The van der Waals surface area contributed by atoms with Crippen LogP contribution in [-0.2, 0) is 16.1 Å². The molecule has 17 heavy (non-hydrogen) atoms. The Morgan fingerprint density at radius 3 is 2.76 bits per heavy atom. The highest BCUT2D eigenvalue weighted by Crippen LogP contribution is 2.18. The fraction of sp³-hybridized carbons (Fsp3) is 0.333. The normalized spacial score (nSPS) is 11.1. The van der Waals surface area contributed by atoms with E-state index in [1.165, 1.54) is 0 Å². The number of carbonyl (C=O) groups excluding carboxylic acids is 1. The summed E-state index contributed by atoms with van der Waals surface area (Å²) in [6, 6.07) is 7.41. The van der Waals surface area contributed by atoms with Crippen molar-refractivity contribution < 1.29 is 14.3 Å². The second-order valence-corrected chi connectivity index (χ2v) is 3.50. The van der Waals surface area contributed by atoms with Crippen LogP contribution < -0.4 is 4.74 Å². The summed E-state index contributed by atoms with van der Waals surface area (Å²) in [5, 5.41) is -0.155. The molecule has 0 radical (unpaired) electrons. The molecule has 0 spiro atoms. The average molecular weight is 256 g/mol. The van der Waals surface area contributed by atoms with Crippen molar-refractivity contribution in [1.82, 2.24) is 0 Å². The minimum atomic E-state index is -0.607. The van der Waals surface area contributed by atoms with E-state index in [1.54, 1.807) is 14.0 Å². The van der Waals surface area contributed by atoms with Crippen LogP contribution in [0.3, 0.4) is 0 Å². The third kappa shape index (κ3) is 4.07. The van der Waals surface area contributed by atoms with E-state index in [0.29, 0.717) is 5.75 Å². The second-order valence-electron chi connectivity index (χ2n) is 3.14. The van der Waals surface area contributed by atoms with Crippen LogP contribution in [0.2, 0.25) is 0 Å². The largest absolute Gasteiger partial charge is 0.496 e. The van der Waals surface area contributed by atoms with Crippen LogP contribution in [0.15, 0.2) is 29.3 Å². The van der Waals surface area contributed by atoms with E-state index in [1.807, 2.05) is 24.3 Å². The SMILES string of the molecule is CCOC(=O)C(Cl)=NCc1ccccc1OC. The number of nitrogens with zero attached hydrogens (tertiary/aromatic N) is 1. The predicted octanol–water partition coefficient (Wildman–Crippen LogP) is 2.40. The molecule has 0 bridgehead atoms. The molecule has 0 aliphatic carbocycles. The molecule has 0 aliphatic heterocycles. The average Bonchev–Trinajstić information content (AvgIpc) is 2.36. The number of ether oxygens (including phenoxy) is 2. The fourth-order valence-electron chi connectivity index (χ4n) is 1.24. The Labute approximate surface area is 105 Å². The molecule has 0 heterocycles. The molecule has 0 fully saturated rings. The maximum atomic E-state index is 11.2. The van der Waals surface area contributed by atoms with Crippen LogP contribution >= 0.6 is 11.6 Å². The van der Waals surface area contributed by atoms with Gasteiger partial charge in [-0.15, -0.1) is 0 Å². The van der Waals surface area contributed by atoms with Gasteiger partial charge in [0.25, 0.3) is 0 Å². The van der Waals surface area contributed by atoms with Crippen molar-refractivity contribution in [3.63, 3.8) is 0 Å². The van der Waals surface area contributed by atoms with Gasteiger partial charge >= 0.3 is 5.97 Å². The first-order valence-corrected chi connectivity index (χ1v) is 5.55. The fourth-order valence-corrected chi connectivity index (χ4v) is 1.36. The Bertz CT molecular complexity index is 418. The molecule has 0 N–H and O–H groups in total. The zero-order valence-electron chi connectivity index (χ0n) is 9.77. The molecule has 1 aromatic rings. The first kappa shape index (κ1) is 13.5. The number of esters is 1. The van der Waals surface area contributed by atoms with Gasteiger partial charge < -0.3 is 9.47 Å². The Balaban J connectivity index is 2.71. The van der Waals surface area contributed by atoms with E-state index in [9.17, 15) is 4.79 Å². The minimum Gasteiger partial charge on any atom is -0.496 e. The van der Waals surface area contributed by atoms with Crippen molar-refractivity contribution in [3.05, 3.63) is 29.8 Å². The molecule has 0 aliphatic rings. The number of methoxy groups -OCH3 is 1. The maximum Gasteiger partial charge on any atom is 0.368 e. The minimum absolute atomic E-state index is 0.155. The first-order valence-electron chi connectivity index (χ1n) is 5.18. The van der Waals surface area contributed by atoms with Gasteiger partial charge in [-0.1, -0.05) is 29.8 Å². The van der Waals surface area contributed by atoms with Crippen molar-refractivity contribution in [2.75, 3.05) is 13.7 Å². The number of aliphatic imine (C=N–C) groups is 1. The number of para-hydroxylation sites is 1. The van der Waals surface area contributed by atoms with Gasteiger partial charge in [-0.2, -0.15) is 0 Å². The monoisotopic (exact) mass is 255 g/mol. The molecule has 0 saturated carbocycles. The molecule has 5 heteroatoms. The van der Waals surface area contributed by atoms with Crippen molar-refractivity contribution >= 4 is 22.7 Å². The predicted molar refractivity (Wildman–Crippen MR) is 66.6 cm³/mol. The van der Waals surface area contributed by atoms with Gasteiger partial charge in [-0.05, 0) is 13.0 Å². The summed E-state index contributed by atoms with van der Waals surface area (Å²) in [4.78, 5) is 15.2.